The summed E-state index contributed by atoms with van der Waals surface area (Å²) in [6, 6.07) is -0.233. The molecule has 2 saturated heterocycles. The normalized spacial score (nSPS) is 52.8. The summed E-state index contributed by atoms with van der Waals surface area (Å²) in [7, 11) is 5.84. The van der Waals surface area contributed by atoms with E-state index in [1.54, 1.807) is 0 Å². The van der Waals surface area contributed by atoms with Gasteiger partial charge in [0.25, 0.3) is 0 Å². The van der Waals surface area contributed by atoms with Crippen LogP contribution in [0.25, 0.3) is 0 Å². The van der Waals surface area contributed by atoms with Gasteiger partial charge in [-0.3, -0.25) is 0 Å². The maximum Gasteiger partial charge on any atom is 0.112 e. The second kappa shape index (κ2) is 2.51. The molecule has 2 nitrogen and oxygen atoms in total. The summed E-state index contributed by atoms with van der Waals surface area (Å²) in [5, 5.41) is 0. The van der Waals surface area contributed by atoms with Crippen LogP contribution < -0.4 is 0 Å². The van der Waals surface area contributed by atoms with E-state index in [9.17, 15) is 0 Å². The second-order valence-electron chi connectivity index (χ2n) is 4.71. The summed E-state index contributed by atoms with van der Waals surface area (Å²) in [5.74, 6) is 0.405. The van der Waals surface area contributed by atoms with Gasteiger partial charge in [-0.2, -0.15) is 0 Å². The van der Waals surface area contributed by atoms with Crippen molar-refractivity contribution in [3.63, 3.8) is 0 Å². The van der Waals surface area contributed by atoms with E-state index in [1.165, 1.54) is 0 Å². The average Bonchev–Trinajstić information content (AvgIpc) is 2.38. The Morgan fingerprint density at radius 1 is 1.31 bits per heavy atom. The molecule has 4 atom stereocenters. The Morgan fingerprint density at radius 3 is 2.23 bits per heavy atom. The van der Waals surface area contributed by atoms with Crippen molar-refractivity contribution < 1.29 is 9.47 Å². The minimum atomic E-state index is -0.233. The molecule has 2 aliphatic heterocycles. The van der Waals surface area contributed by atoms with Crippen molar-refractivity contribution in [2.75, 3.05) is 0 Å². The maximum atomic E-state index is 5.92. The molecule has 0 N–H and O–H groups in total. The predicted octanol–water partition coefficient (Wildman–Crippen LogP) is 1.47. The van der Waals surface area contributed by atoms with Gasteiger partial charge in [-0.1, -0.05) is 13.8 Å². The van der Waals surface area contributed by atoms with E-state index in [4.69, 9.17) is 17.3 Å². The van der Waals surface area contributed by atoms with Gasteiger partial charge in [-0.05, 0) is 20.3 Å². The van der Waals surface area contributed by atoms with Crippen molar-refractivity contribution in [2.24, 2.45) is 5.92 Å². The first-order valence-corrected chi connectivity index (χ1v) is 5.06. The number of hydrogen-bond donors (Lipinski definition) is 0. The van der Waals surface area contributed by atoms with Crippen molar-refractivity contribution in [1.82, 2.24) is 0 Å². The molecule has 0 aliphatic carbocycles. The van der Waals surface area contributed by atoms with Gasteiger partial charge < -0.3 is 9.47 Å². The van der Waals surface area contributed by atoms with E-state index in [-0.39, 0.29) is 23.3 Å². The van der Waals surface area contributed by atoms with E-state index in [1.807, 2.05) is 0 Å². The Bertz CT molecular complexity index is 229. The molecule has 2 aliphatic rings. The molecule has 0 saturated carbocycles. The van der Waals surface area contributed by atoms with Crippen molar-refractivity contribution in [3.05, 3.63) is 0 Å². The third-order valence-corrected chi connectivity index (χ3v) is 3.87. The molecule has 0 aromatic carbocycles. The molecule has 1 unspecified atom stereocenters. The summed E-state index contributed by atoms with van der Waals surface area (Å²) in [4.78, 5) is 0. The van der Waals surface area contributed by atoms with Crippen molar-refractivity contribution in [3.8, 4) is 0 Å². The van der Waals surface area contributed by atoms with Crippen LogP contribution >= 0.6 is 0 Å². The topological polar surface area (TPSA) is 18.5 Å². The molecule has 0 amide bonds. The van der Waals surface area contributed by atoms with Crippen LogP contribution in [0.15, 0.2) is 0 Å². The van der Waals surface area contributed by atoms with Gasteiger partial charge in [-0.25, -0.2) is 0 Å². The lowest BCUT2D eigenvalue weighted by atomic mass is 9.76. The molecule has 2 radical (unpaired) electrons. The Hall–Kier alpha value is -0.0151. The molecule has 2 rings (SSSR count). The molecule has 2 fully saturated rings. The standard InChI is InChI=1S/C10H17BO2/c1-5-10-6(2)7(8(11)13-10)12-9(10,3)4/h6-8H,5H2,1-4H3/t6?,7-,8+,10+/m0/s1. The van der Waals surface area contributed by atoms with Crippen molar-refractivity contribution >= 4 is 7.85 Å². The second-order valence-corrected chi connectivity index (χ2v) is 4.71. The molecule has 13 heavy (non-hydrogen) atoms. The first-order valence-electron chi connectivity index (χ1n) is 5.06. The fourth-order valence-corrected chi connectivity index (χ4v) is 3.10. The van der Waals surface area contributed by atoms with Gasteiger partial charge in [0.1, 0.15) is 13.4 Å². The zero-order chi connectivity index (χ0) is 9.85. The monoisotopic (exact) mass is 180 g/mol. The third-order valence-electron chi connectivity index (χ3n) is 3.87. The predicted molar refractivity (Wildman–Crippen MR) is 51.8 cm³/mol. The highest BCUT2D eigenvalue weighted by atomic mass is 16.6. The molecular weight excluding hydrogens is 163 g/mol. The lowest BCUT2D eigenvalue weighted by molar-refractivity contribution is -0.206. The smallest absolute Gasteiger partial charge is 0.112 e. The SMILES string of the molecule is [B][C@@H]1O[C@]2(CC)C(C)[C@@H]1OC2(C)C. The first kappa shape index (κ1) is 9.54. The van der Waals surface area contributed by atoms with Crippen LogP contribution in [0.3, 0.4) is 0 Å². The molecule has 3 heteroatoms. The van der Waals surface area contributed by atoms with Gasteiger partial charge in [-0.15, -0.1) is 0 Å². The lowest BCUT2D eigenvalue weighted by Gasteiger charge is -2.43. The third kappa shape index (κ3) is 0.923. The Kier molecular flexibility index (Phi) is 1.84. The van der Waals surface area contributed by atoms with Gasteiger partial charge in [0.15, 0.2) is 0 Å². The van der Waals surface area contributed by atoms with Crippen molar-refractivity contribution in [1.29, 1.82) is 0 Å². The van der Waals surface area contributed by atoms with E-state index in [0.717, 1.165) is 6.42 Å². The number of ether oxygens (including phenoxy) is 2. The molecule has 0 aromatic heterocycles. The zero-order valence-electron chi connectivity index (χ0n) is 8.83. The van der Waals surface area contributed by atoms with Crippen LogP contribution in [0.1, 0.15) is 34.1 Å². The minimum Gasteiger partial charge on any atom is -0.376 e. The summed E-state index contributed by atoms with van der Waals surface area (Å²) < 4.78 is 11.8. The van der Waals surface area contributed by atoms with Crippen LogP contribution in [0.5, 0.6) is 0 Å². The molecule has 0 spiro atoms. The summed E-state index contributed by atoms with van der Waals surface area (Å²) in [6.45, 7) is 8.51. The van der Waals surface area contributed by atoms with E-state index < -0.39 is 0 Å². The highest BCUT2D eigenvalue weighted by Gasteiger charge is 2.65. The zero-order valence-corrected chi connectivity index (χ0v) is 8.83. The highest BCUT2D eigenvalue weighted by molar-refractivity contribution is 6.11. The Labute approximate surface area is 81.4 Å². The largest absolute Gasteiger partial charge is 0.376 e. The number of fused-ring (bicyclic) bond motifs is 2. The van der Waals surface area contributed by atoms with Crippen LogP contribution in [-0.4, -0.2) is 31.2 Å². The number of hydrogen-bond acceptors (Lipinski definition) is 2. The van der Waals surface area contributed by atoms with Crippen LogP contribution in [0.4, 0.5) is 0 Å². The molecule has 0 aromatic rings. The molecular formula is C10H17BO2. The fourth-order valence-electron chi connectivity index (χ4n) is 3.10. The number of rotatable bonds is 1. The summed E-state index contributed by atoms with van der Waals surface area (Å²) in [5.41, 5.74) is -0.362. The first-order chi connectivity index (χ1) is 5.94. The highest BCUT2D eigenvalue weighted by Crippen LogP contribution is 2.54. The maximum absolute atomic E-state index is 5.92. The van der Waals surface area contributed by atoms with Crippen LogP contribution in [0.2, 0.25) is 0 Å². The van der Waals surface area contributed by atoms with E-state index >= 15 is 0 Å². The Balaban J connectivity index is 2.39. The van der Waals surface area contributed by atoms with E-state index in [0.29, 0.717) is 5.92 Å². The summed E-state index contributed by atoms with van der Waals surface area (Å²) in [6.07, 6.45) is 1.04. The Morgan fingerprint density at radius 2 is 1.92 bits per heavy atom. The van der Waals surface area contributed by atoms with Crippen molar-refractivity contribution in [2.45, 2.75) is 57.4 Å². The quantitative estimate of drug-likeness (QED) is 0.569. The molecule has 2 heterocycles. The van der Waals surface area contributed by atoms with Crippen LogP contribution in [-0.2, 0) is 9.47 Å². The van der Waals surface area contributed by atoms with Crippen LogP contribution in [0, 0.1) is 5.92 Å². The fraction of sp³-hybridized carbons (Fsp3) is 1.00. The average molecular weight is 180 g/mol. The van der Waals surface area contributed by atoms with Gasteiger partial charge >= 0.3 is 0 Å². The van der Waals surface area contributed by atoms with Gasteiger partial charge in [0, 0.05) is 11.9 Å². The molecule has 2 bridgehead atoms. The molecule has 72 valence electrons. The van der Waals surface area contributed by atoms with Gasteiger partial charge in [0.05, 0.1) is 11.7 Å². The van der Waals surface area contributed by atoms with Gasteiger partial charge in [0.2, 0.25) is 0 Å². The minimum absolute atomic E-state index is 0.0787. The summed E-state index contributed by atoms with van der Waals surface area (Å²) >= 11 is 0. The van der Waals surface area contributed by atoms with E-state index in [2.05, 4.69) is 27.7 Å². The lowest BCUT2D eigenvalue weighted by Crippen LogP contribution is -2.53.